The third kappa shape index (κ3) is 5.63. The first kappa shape index (κ1) is 20.5. The highest BCUT2D eigenvalue weighted by molar-refractivity contribution is 7.85. The van der Waals surface area contributed by atoms with E-state index in [9.17, 15) is 13.2 Å². The number of hydrogen-bond acceptors (Lipinski definition) is 6. The zero-order valence-corrected chi connectivity index (χ0v) is 17.0. The van der Waals surface area contributed by atoms with E-state index in [1.807, 2.05) is 0 Å². The van der Waals surface area contributed by atoms with Crippen molar-refractivity contribution < 1.29 is 22.1 Å². The van der Waals surface area contributed by atoms with Gasteiger partial charge in [-0.1, -0.05) is 29.6 Å². The lowest BCUT2D eigenvalue weighted by atomic mass is 9.84. The number of piperidine rings is 2. The molecule has 150 valence electrons. The lowest BCUT2D eigenvalue weighted by Crippen LogP contribution is -2.49. The minimum absolute atomic E-state index is 0.0603. The van der Waals surface area contributed by atoms with Gasteiger partial charge >= 0.3 is 16.4 Å². The molecule has 2 aliphatic heterocycles. The molecule has 0 spiro atoms. The SMILES string of the molecule is O=C(NS(=O)(=O)Oc1ccc(Cl)c(Cl)c1)OC[C@@H]1CCCN2CCCC[C@H]12. The molecule has 2 atom stereocenters. The summed E-state index contributed by atoms with van der Waals surface area (Å²) in [5, 5.41) is 0.402. The first-order valence-electron chi connectivity index (χ1n) is 8.92. The van der Waals surface area contributed by atoms with E-state index in [0.717, 1.165) is 32.4 Å². The smallest absolute Gasteiger partial charge is 0.423 e. The van der Waals surface area contributed by atoms with E-state index in [-0.39, 0.29) is 28.3 Å². The van der Waals surface area contributed by atoms with Gasteiger partial charge in [0, 0.05) is 18.0 Å². The number of amides is 1. The molecule has 2 heterocycles. The summed E-state index contributed by atoms with van der Waals surface area (Å²) in [5.74, 6) is 0.165. The fourth-order valence-corrected chi connectivity index (χ4v) is 4.71. The highest BCUT2D eigenvalue weighted by Crippen LogP contribution is 2.31. The van der Waals surface area contributed by atoms with Gasteiger partial charge in [0.1, 0.15) is 5.75 Å². The predicted molar refractivity (Wildman–Crippen MR) is 102 cm³/mol. The summed E-state index contributed by atoms with van der Waals surface area (Å²) in [6, 6.07) is 4.38. The zero-order chi connectivity index (χ0) is 19.4. The maximum absolute atomic E-state index is 12.0. The molecule has 2 fully saturated rings. The molecule has 2 saturated heterocycles. The Kier molecular flexibility index (Phi) is 6.73. The number of nitrogens with zero attached hydrogens (tertiary/aromatic N) is 1. The number of benzene rings is 1. The van der Waals surface area contributed by atoms with E-state index in [4.69, 9.17) is 32.1 Å². The van der Waals surface area contributed by atoms with Crippen molar-refractivity contribution in [3.05, 3.63) is 28.2 Å². The van der Waals surface area contributed by atoms with Crippen LogP contribution in [0.2, 0.25) is 10.0 Å². The average molecular weight is 437 g/mol. The van der Waals surface area contributed by atoms with Crippen LogP contribution in [0.15, 0.2) is 18.2 Å². The van der Waals surface area contributed by atoms with Crippen LogP contribution in [0.3, 0.4) is 0 Å². The molecule has 1 N–H and O–H groups in total. The molecule has 3 rings (SSSR count). The van der Waals surface area contributed by atoms with Crippen LogP contribution in [0.25, 0.3) is 0 Å². The van der Waals surface area contributed by atoms with Crippen LogP contribution >= 0.6 is 23.2 Å². The van der Waals surface area contributed by atoms with Gasteiger partial charge in [0.15, 0.2) is 0 Å². The number of ether oxygens (including phenoxy) is 1. The third-order valence-electron chi connectivity index (χ3n) is 4.96. The van der Waals surface area contributed by atoms with Crippen LogP contribution in [0, 0.1) is 5.92 Å². The summed E-state index contributed by atoms with van der Waals surface area (Å²) in [6.07, 6.45) is 4.45. The zero-order valence-electron chi connectivity index (χ0n) is 14.7. The topological polar surface area (TPSA) is 84.9 Å². The first-order chi connectivity index (χ1) is 12.8. The standard InChI is InChI=1S/C17H22Cl2N2O5S/c18-14-7-6-13(10-15(14)19)26-27(23,24)20-17(22)25-11-12-4-3-9-21-8-2-1-5-16(12)21/h6-7,10,12,16H,1-5,8-9,11H2,(H,20,22)/t12-,16+/m0/s1. The summed E-state index contributed by atoms with van der Waals surface area (Å²) in [4.78, 5) is 14.4. The predicted octanol–water partition coefficient (Wildman–Crippen LogP) is 3.61. The van der Waals surface area contributed by atoms with Crippen molar-refractivity contribution in [1.82, 2.24) is 9.62 Å². The molecule has 27 heavy (non-hydrogen) atoms. The number of hydrogen-bond donors (Lipinski definition) is 1. The molecule has 10 heteroatoms. The molecule has 0 aromatic heterocycles. The fraction of sp³-hybridized carbons (Fsp3) is 0.588. The van der Waals surface area contributed by atoms with Gasteiger partial charge in [0.25, 0.3) is 0 Å². The number of halogens is 2. The van der Waals surface area contributed by atoms with E-state index in [2.05, 4.69) is 4.90 Å². The van der Waals surface area contributed by atoms with E-state index in [1.54, 1.807) is 4.72 Å². The minimum atomic E-state index is -4.38. The Morgan fingerprint density at radius 1 is 1.15 bits per heavy atom. The van der Waals surface area contributed by atoms with Gasteiger partial charge in [0.2, 0.25) is 0 Å². The molecule has 0 saturated carbocycles. The van der Waals surface area contributed by atoms with Crippen molar-refractivity contribution in [3.8, 4) is 5.75 Å². The van der Waals surface area contributed by atoms with Gasteiger partial charge in [-0.15, -0.1) is 0 Å². The molecule has 1 aromatic carbocycles. The van der Waals surface area contributed by atoms with Crippen molar-refractivity contribution >= 4 is 39.6 Å². The van der Waals surface area contributed by atoms with Crippen LogP contribution in [0.4, 0.5) is 4.79 Å². The van der Waals surface area contributed by atoms with Crippen molar-refractivity contribution in [2.24, 2.45) is 5.92 Å². The minimum Gasteiger partial charge on any atom is -0.448 e. The van der Waals surface area contributed by atoms with Gasteiger partial charge in [-0.2, -0.15) is 13.1 Å². The van der Waals surface area contributed by atoms with Gasteiger partial charge in [-0.25, -0.2) is 4.79 Å². The number of carbonyl (C=O) groups is 1. The molecular formula is C17H22Cl2N2O5S. The molecule has 0 radical (unpaired) electrons. The second-order valence-electron chi connectivity index (χ2n) is 6.82. The summed E-state index contributed by atoms with van der Waals surface area (Å²) < 4.78 is 35.6. The van der Waals surface area contributed by atoms with Crippen LogP contribution in [-0.2, 0) is 15.0 Å². The lowest BCUT2D eigenvalue weighted by Gasteiger charge is -2.44. The number of carbonyl (C=O) groups excluding carboxylic acids is 1. The van der Waals surface area contributed by atoms with E-state index < -0.39 is 16.4 Å². The normalized spacial score (nSPS) is 23.3. The van der Waals surface area contributed by atoms with Crippen molar-refractivity contribution in [2.45, 2.75) is 38.1 Å². The van der Waals surface area contributed by atoms with Gasteiger partial charge in [0.05, 0.1) is 16.7 Å². The maximum atomic E-state index is 12.0. The highest BCUT2D eigenvalue weighted by Gasteiger charge is 2.33. The summed E-state index contributed by atoms with van der Waals surface area (Å²) >= 11 is 11.6. The number of fused-ring (bicyclic) bond motifs is 1. The molecule has 2 aliphatic rings. The largest absolute Gasteiger partial charge is 0.448 e. The Labute approximate surface area is 169 Å². The van der Waals surface area contributed by atoms with Gasteiger partial charge in [-0.05, 0) is 50.9 Å². The van der Waals surface area contributed by atoms with Crippen molar-refractivity contribution in [1.29, 1.82) is 0 Å². The van der Waals surface area contributed by atoms with Crippen molar-refractivity contribution in [2.75, 3.05) is 19.7 Å². The van der Waals surface area contributed by atoms with E-state index in [0.29, 0.717) is 6.04 Å². The molecule has 0 unspecified atom stereocenters. The van der Waals surface area contributed by atoms with Crippen LogP contribution in [0.1, 0.15) is 32.1 Å². The van der Waals surface area contributed by atoms with Crippen LogP contribution in [0.5, 0.6) is 5.75 Å². The van der Waals surface area contributed by atoms with E-state index >= 15 is 0 Å². The number of rotatable bonds is 5. The van der Waals surface area contributed by atoms with E-state index in [1.165, 1.54) is 31.0 Å². The summed E-state index contributed by atoms with van der Waals surface area (Å²) in [6.45, 7) is 2.35. The van der Waals surface area contributed by atoms with Gasteiger partial charge in [-0.3, -0.25) is 4.90 Å². The summed E-state index contributed by atoms with van der Waals surface area (Å²) in [5.41, 5.74) is 0. The Balaban J connectivity index is 1.51. The fourth-order valence-electron chi connectivity index (χ4n) is 3.76. The second-order valence-corrected chi connectivity index (χ2v) is 8.91. The Bertz CT molecular complexity index is 788. The van der Waals surface area contributed by atoms with Crippen molar-refractivity contribution in [3.63, 3.8) is 0 Å². The molecule has 1 amide bonds. The van der Waals surface area contributed by atoms with Crippen LogP contribution in [-0.4, -0.2) is 45.1 Å². The second kappa shape index (κ2) is 8.86. The molecule has 0 bridgehead atoms. The molecular weight excluding hydrogens is 415 g/mol. The third-order valence-corrected chi connectivity index (χ3v) is 6.53. The Hall–Kier alpha value is -1.22. The lowest BCUT2D eigenvalue weighted by molar-refractivity contribution is 0.0244. The Morgan fingerprint density at radius 3 is 2.70 bits per heavy atom. The molecule has 0 aliphatic carbocycles. The number of nitrogens with one attached hydrogen (secondary N) is 1. The quantitative estimate of drug-likeness (QED) is 0.758. The van der Waals surface area contributed by atoms with Gasteiger partial charge < -0.3 is 8.92 Å². The highest BCUT2D eigenvalue weighted by atomic mass is 35.5. The first-order valence-corrected chi connectivity index (χ1v) is 11.1. The molecule has 7 nitrogen and oxygen atoms in total. The molecule has 1 aromatic rings. The summed E-state index contributed by atoms with van der Waals surface area (Å²) in [7, 11) is -4.38. The van der Waals surface area contributed by atoms with Crippen LogP contribution < -0.4 is 8.91 Å². The Morgan fingerprint density at radius 2 is 1.93 bits per heavy atom. The average Bonchev–Trinajstić information content (AvgIpc) is 2.62. The maximum Gasteiger partial charge on any atom is 0.423 e. The monoisotopic (exact) mass is 436 g/mol.